The Bertz CT molecular complexity index is 563. The number of hydrogen-bond acceptors (Lipinski definition) is 2. The molecule has 4 atom stereocenters. The summed E-state index contributed by atoms with van der Waals surface area (Å²) in [5, 5.41) is 3.28. The van der Waals surface area contributed by atoms with Gasteiger partial charge in [-0.25, -0.2) is 8.78 Å². The lowest BCUT2D eigenvalue weighted by Gasteiger charge is -2.25. The molecule has 1 saturated heterocycles. The average molecular weight is 294 g/mol. The van der Waals surface area contributed by atoms with E-state index in [1.54, 1.807) is 6.07 Å². The molecule has 0 spiro atoms. The van der Waals surface area contributed by atoms with Crippen molar-refractivity contribution < 1.29 is 13.6 Å². The maximum Gasteiger partial charge on any atom is 0.241 e. The van der Waals surface area contributed by atoms with Gasteiger partial charge in [0.15, 0.2) is 11.6 Å². The highest BCUT2D eigenvalue weighted by molar-refractivity contribution is 5.85. The van der Waals surface area contributed by atoms with Crippen molar-refractivity contribution >= 4 is 5.91 Å². The maximum absolute atomic E-state index is 13.5. The molecule has 1 amide bonds. The van der Waals surface area contributed by atoms with Gasteiger partial charge in [0.2, 0.25) is 5.91 Å². The van der Waals surface area contributed by atoms with Crippen molar-refractivity contribution in [3.05, 3.63) is 35.4 Å². The van der Waals surface area contributed by atoms with E-state index in [0.29, 0.717) is 11.5 Å². The fraction of sp³-hybridized carbons (Fsp3) is 0.562. The molecular weight excluding hydrogens is 274 g/mol. The van der Waals surface area contributed by atoms with E-state index in [0.717, 1.165) is 25.3 Å². The smallest absolute Gasteiger partial charge is 0.241 e. The highest BCUT2D eigenvalue weighted by atomic mass is 19.2. The van der Waals surface area contributed by atoms with Gasteiger partial charge in [0.1, 0.15) is 6.17 Å². The number of nitrogens with zero attached hydrogens (tertiary/aromatic N) is 1. The van der Waals surface area contributed by atoms with E-state index in [1.165, 1.54) is 6.07 Å². The van der Waals surface area contributed by atoms with E-state index in [9.17, 15) is 13.6 Å². The van der Waals surface area contributed by atoms with Crippen LogP contribution >= 0.6 is 0 Å². The standard InChI is InChI=1S/C16H20F2N2O/c1-3-4-13-16(21)20(14-7-9(14)2)15(19-13)10-5-6-11(17)12(18)8-10/h5-6,8-9,13-15,19H,3-4,7H2,1-2H3. The number of amides is 1. The molecule has 1 aromatic rings. The van der Waals surface area contributed by atoms with E-state index >= 15 is 0 Å². The summed E-state index contributed by atoms with van der Waals surface area (Å²) >= 11 is 0. The van der Waals surface area contributed by atoms with Crippen LogP contribution in [-0.2, 0) is 4.79 Å². The zero-order valence-electron chi connectivity index (χ0n) is 12.3. The van der Waals surface area contributed by atoms with Crippen molar-refractivity contribution in [2.24, 2.45) is 5.92 Å². The molecule has 4 unspecified atom stereocenters. The van der Waals surface area contributed by atoms with Crippen molar-refractivity contribution in [2.75, 3.05) is 0 Å². The molecule has 0 radical (unpaired) electrons. The summed E-state index contributed by atoms with van der Waals surface area (Å²) in [6.07, 6.45) is 2.30. The second kappa shape index (κ2) is 5.37. The zero-order chi connectivity index (χ0) is 15.1. The average Bonchev–Trinajstić information content (AvgIpc) is 3.07. The molecule has 1 aliphatic carbocycles. The predicted octanol–water partition coefficient (Wildman–Crippen LogP) is 2.97. The summed E-state index contributed by atoms with van der Waals surface area (Å²) in [5.41, 5.74) is 0.611. The SMILES string of the molecule is CCCC1NC(c2ccc(F)c(F)c2)N(C2CC2C)C1=O. The van der Waals surface area contributed by atoms with Crippen LogP contribution in [0.3, 0.4) is 0 Å². The first-order valence-corrected chi connectivity index (χ1v) is 7.56. The summed E-state index contributed by atoms with van der Waals surface area (Å²) in [5.74, 6) is -1.17. The first-order chi connectivity index (χ1) is 10.0. The lowest BCUT2D eigenvalue weighted by Crippen LogP contribution is -2.34. The van der Waals surface area contributed by atoms with Crippen LogP contribution in [0.1, 0.15) is 44.8 Å². The first kappa shape index (κ1) is 14.4. The number of halogens is 2. The Morgan fingerprint density at radius 3 is 2.62 bits per heavy atom. The first-order valence-electron chi connectivity index (χ1n) is 7.56. The molecule has 3 rings (SSSR count). The van der Waals surface area contributed by atoms with Gasteiger partial charge < -0.3 is 4.90 Å². The lowest BCUT2D eigenvalue weighted by molar-refractivity contribution is -0.131. The quantitative estimate of drug-likeness (QED) is 0.926. The van der Waals surface area contributed by atoms with Gasteiger partial charge in [-0.15, -0.1) is 0 Å². The summed E-state index contributed by atoms with van der Waals surface area (Å²) in [7, 11) is 0. The van der Waals surface area contributed by atoms with Gasteiger partial charge in [-0.3, -0.25) is 10.1 Å². The third kappa shape index (κ3) is 2.55. The number of rotatable bonds is 4. The molecule has 3 nitrogen and oxygen atoms in total. The molecule has 1 saturated carbocycles. The van der Waals surface area contributed by atoms with Gasteiger partial charge in [-0.1, -0.05) is 26.3 Å². The second-order valence-corrected chi connectivity index (χ2v) is 6.11. The molecule has 1 aromatic carbocycles. The Morgan fingerprint density at radius 2 is 2.05 bits per heavy atom. The number of benzene rings is 1. The summed E-state index contributed by atoms with van der Waals surface area (Å²) in [4.78, 5) is 14.4. The van der Waals surface area contributed by atoms with Crippen LogP contribution in [-0.4, -0.2) is 22.9 Å². The Morgan fingerprint density at radius 1 is 1.33 bits per heavy atom. The Hall–Kier alpha value is -1.49. The van der Waals surface area contributed by atoms with Gasteiger partial charge in [-0.05, 0) is 36.5 Å². The van der Waals surface area contributed by atoms with E-state index < -0.39 is 11.6 Å². The van der Waals surface area contributed by atoms with Crippen molar-refractivity contribution in [1.82, 2.24) is 10.2 Å². The van der Waals surface area contributed by atoms with Crippen molar-refractivity contribution in [2.45, 2.75) is 51.4 Å². The van der Waals surface area contributed by atoms with Gasteiger partial charge in [0, 0.05) is 6.04 Å². The van der Waals surface area contributed by atoms with Gasteiger partial charge in [0.05, 0.1) is 6.04 Å². The van der Waals surface area contributed by atoms with Crippen LogP contribution in [0.4, 0.5) is 8.78 Å². The molecule has 114 valence electrons. The van der Waals surface area contributed by atoms with Crippen LogP contribution in [0.15, 0.2) is 18.2 Å². The third-order valence-electron chi connectivity index (χ3n) is 4.45. The topological polar surface area (TPSA) is 32.3 Å². The highest BCUT2D eigenvalue weighted by Crippen LogP contribution is 2.42. The number of nitrogens with one attached hydrogen (secondary N) is 1. The fourth-order valence-electron chi connectivity index (χ4n) is 3.13. The monoisotopic (exact) mass is 294 g/mol. The van der Waals surface area contributed by atoms with Crippen LogP contribution in [0, 0.1) is 17.6 Å². The van der Waals surface area contributed by atoms with Crippen molar-refractivity contribution in [1.29, 1.82) is 0 Å². The molecule has 1 heterocycles. The molecule has 21 heavy (non-hydrogen) atoms. The number of carbonyl (C=O) groups excluding carboxylic acids is 1. The van der Waals surface area contributed by atoms with Crippen LogP contribution < -0.4 is 5.32 Å². The number of carbonyl (C=O) groups is 1. The molecule has 1 N–H and O–H groups in total. The van der Waals surface area contributed by atoms with Gasteiger partial charge in [0.25, 0.3) is 0 Å². The third-order valence-corrected chi connectivity index (χ3v) is 4.45. The van der Waals surface area contributed by atoms with Crippen molar-refractivity contribution in [3.8, 4) is 0 Å². The minimum absolute atomic E-state index is 0.0842. The van der Waals surface area contributed by atoms with Gasteiger partial charge in [-0.2, -0.15) is 0 Å². The van der Waals surface area contributed by atoms with E-state index in [-0.39, 0.29) is 24.2 Å². The molecule has 1 aliphatic heterocycles. The Balaban J connectivity index is 1.90. The minimum atomic E-state index is -0.871. The molecular formula is C16H20F2N2O. The van der Waals surface area contributed by atoms with Crippen molar-refractivity contribution in [3.63, 3.8) is 0 Å². The summed E-state index contributed by atoms with van der Waals surface area (Å²) in [6, 6.07) is 3.86. The molecule has 0 bridgehead atoms. The fourth-order valence-corrected chi connectivity index (χ4v) is 3.13. The molecule has 2 fully saturated rings. The van der Waals surface area contributed by atoms with Gasteiger partial charge >= 0.3 is 0 Å². The minimum Gasteiger partial charge on any atom is -0.318 e. The molecule has 2 aliphatic rings. The second-order valence-electron chi connectivity index (χ2n) is 6.11. The largest absolute Gasteiger partial charge is 0.318 e. The van der Waals surface area contributed by atoms with E-state index in [4.69, 9.17) is 0 Å². The normalized spacial score (nSPS) is 31.8. The summed E-state index contributed by atoms with van der Waals surface area (Å²) < 4.78 is 26.6. The number of hydrogen-bond donors (Lipinski definition) is 1. The summed E-state index contributed by atoms with van der Waals surface area (Å²) in [6.45, 7) is 4.14. The van der Waals surface area contributed by atoms with E-state index in [2.05, 4.69) is 12.2 Å². The van der Waals surface area contributed by atoms with Crippen LogP contribution in [0.5, 0.6) is 0 Å². The molecule has 0 aromatic heterocycles. The maximum atomic E-state index is 13.5. The molecule has 5 heteroatoms. The zero-order valence-corrected chi connectivity index (χ0v) is 12.3. The highest BCUT2D eigenvalue weighted by Gasteiger charge is 2.50. The van der Waals surface area contributed by atoms with Crippen LogP contribution in [0.2, 0.25) is 0 Å². The van der Waals surface area contributed by atoms with Crippen LogP contribution in [0.25, 0.3) is 0 Å². The predicted molar refractivity (Wildman–Crippen MR) is 75.3 cm³/mol. The lowest BCUT2D eigenvalue weighted by atomic mass is 10.1. The Labute approximate surface area is 123 Å². The Kier molecular flexibility index (Phi) is 3.69. The van der Waals surface area contributed by atoms with E-state index in [1.807, 2.05) is 11.8 Å².